The van der Waals surface area contributed by atoms with E-state index >= 15 is 0 Å². The molecular weight excluding hydrogens is 583 g/mol. The molecule has 2 aromatic carbocycles. The Morgan fingerprint density at radius 3 is 2.15 bits per heavy atom. The van der Waals surface area contributed by atoms with Crippen LogP contribution >= 0.6 is 11.6 Å². The molecule has 2 heterocycles. The molecule has 0 fully saturated rings. The number of rotatable bonds is 8. The van der Waals surface area contributed by atoms with Gasteiger partial charge in [-0.2, -0.15) is 18.2 Å². The molecule has 4 aromatic rings. The van der Waals surface area contributed by atoms with Gasteiger partial charge in [0.25, 0.3) is 0 Å². The van der Waals surface area contributed by atoms with Gasteiger partial charge in [-0.25, -0.2) is 37.1 Å². The van der Waals surface area contributed by atoms with E-state index in [0.717, 1.165) is 0 Å². The van der Waals surface area contributed by atoms with Crippen molar-refractivity contribution in [2.45, 2.75) is 22.5 Å². The number of pyridine rings is 1. The van der Waals surface area contributed by atoms with Crippen molar-refractivity contribution < 1.29 is 30.0 Å². The van der Waals surface area contributed by atoms with E-state index < -0.39 is 32.8 Å². The summed E-state index contributed by atoms with van der Waals surface area (Å²) in [6.45, 7) is -1.29. The van der Waals surface area contributed by atoms with Crippen LogP contribution in [-0.2, 0) is 26.6 Å². The largest absolute Gasteiger partial charge is 0.405 e. The fourth-order valence-corrected chi connectivity index (χ4v) is 5.01. The molecule has 17 heteroatoms. The van der Waals surface area contributed by atoms with E-state index in [-0.39, 0.29) is 55.4 Å². The Morgan fingerprint density at radius 1 is 0.846 bits per heavy atom. The molecule has 0 saturated heterocycles. The van der Waals surface area contributed by atoms with Gasteiger partial charge >= 0.3 is 6.18 Å². The van der Waals surface area contributed by atoms with E-state index in [9.17, 15) is 30.0 Å². The average molecular weight is 602 g/mol. The molecule has 0 bridgehead atoms. The molecule has 0 radical (unpaired) electrons. The maximum Gasteiger partial charge on any atom is 0.405 e. The summed E-state index contributed by atoms with van der Waals surface area (Å²) in [5.41, 5.74) is 1.30. The van der Waals surface area contributed by atoms with Crippen LogP contribution in [0.4, 0.5) is 24.9 Å². The molecule has 0 spiro atoms. The molecule has 11 nitrogen and oxygen atoms in total. The molecule has 6 N–H and O–H groups in total. The molecule has 206 valence electrons. The average Bonchev–Trinajstić information content (AvgIpc) is 2.84. The van der Waals surface area contributed by atoms with Gasteiger partial charge in [0.15, 0.2) is 5.82 Å². The van der Waals surface area contributed by atoms with Crippen LogP contribution in [0.2, 0.25) is 5.02 Å². The van der Waals surface area contributed by atoms with E-state index in [1.807, 2.05) is 0 Å². The van der Waals surface area contributed by atoms with Gasteiger partial charge in [-0.15, -0.1) is 0 Å². The summed E-state index contributed by atoms with van der Waals surface area (Å²) >= 11 is 5.94. The van der Waals surface area contributed by atoms with Crippen LogP contribution in [0.1, 0.15) is 5.56 Å². The number of nitrogens with one attached hydrogen (secondary N) is 2. The van der Waals surface area contributed by atoms with E-state index in [0.29, 0.717) is 5.56 Å². The summed E-state index contributed by atoms with van der Waals surface area (Å²) in [4.78, 5) is 12.4. The van der Waals surface area contributed by atoms with Gasteiger partial charge in [-0.05, 0) is 42.0 Å². The zero-order valence-electron chi connectivity index (χ0n) is 19.6. The Kier molecular flexibility index (Phi) is 7.68. The number of nitrogens with two attached hydrogens (primary N) is 2. The summed E-state index contributed by atoms with van der Waals surface area (Å²) < 4.78 is 85.5. The zero-order chi connectivity index (χ0) is 28.6. The Hall–Kier alpha value is -3.57. The number of aromatic nitrogens is 3. The highest BCUT2D eigenvalue weighted by Crippen LogP contribution is 2.30. The summed E-state index contributed by atoms with van der Waals surface area (Å²) in [5, 5.41) is 15.3. The number of anilines is 2. The first-order valence-electron chi connectivity index (χ1n) is 10.8. The van der Waals surface area contributed by atoms with Crippen molar-refractivity contribution in [1.29, 1.82) is 0 Å². The number of fused-ring (bicyclic) bond motifs is 1. The molecule has 0 aliphatic rings. The Bertz CT molecular complexity index is 1770. The number of primary sulfonamides is 2. The van der Waals surface area contributed by atoms with Gasteiger partial charge in [0, 0.05) is 12.1 Å². The molecule has 4 rings (SSSR count). The molecule has 2 aromatic heterocycles. The van der Waals surface area contributed by atoms with E-state index in [1.54, 1.807) is 0 Å². The predicted molar refractivity (Wildman–Crippen MR) is 139 cm³/mol. The third kappa shape index (κ3) is 7.10. The fraction of sp³-hybridized carbons (Fsp3) is 0.136. The van der Waals surface area contributed by atoms with E-state index in [1.165, 1.54) is 54.6 Å². The first kappa shape index (κ1) is 28.4. The van der Waals surface area contributed by atoms with Crippen molar-refractivity contribution >= 4 is 54.4 Å². The van der Waals surface area contributed by atoms with Crippen LogP contribution in [0.25, 0.3) is 22.3 Å². The Morgan fingerprint density at radius 2 is 1.54 bits per heavy atom. The minimum atomic E-state index is -4.56. The highest BCUT2D eigenvalue weighted by Gasteiger charge is 2.27. The number of hydrogen-bond donors (Lipinski definition) is 4. The molecular formula is C22H19ClF3N7O4S2. The summed E-state index contributed by atoms with van der Waals surface area (Å²) in [6, 6.07) is 12.6. The highest BCUT2D eigenvalue weighted by molar-refractivity contribution is 7.89. The standard InChI is InChI=1S/C22H19ClF3N7O4S2/c23-15-6-3-13(9-18(15)39(28,36)37)16-7-8-17-19(31-16)20(30-11-22(24,25)26)33-21(32-17)29-10-12-1-4-14(5-2-12)38(27,34)35/h1-9H,10-11H2,(H2,27,34,35)(H2,28,36,37)(H2,29,30,32,33). The zero-order valence-corrected chi connectivity index (χ0v) is 22.0. The summed E-state index contributed by atoms with van der Waals surface area (Å²) in [7, 11) is -8.02. The van der Waals surface area contributed by atoms with Gasteiger partial charge in [-0.3, -0.25) is 0 Å². The van der Waals surface area contributed by atoms with Gasteiger partial charge in [0.05, 0.1) is 21.1 Å². The molecule has 0 atom stereocenters. The lowest BCUT2D eigenvalue weighted by Gasteiger charge is -2.14. The maximum absolute atomic E-state index is 13.0. The fourth-order valence-electron chi connectivity index (χ4n) is 3.42. The Balaban J connectivity index is 1.70. The SMILES string of the molecule is NS(=O)(=O)c1ccc(CNc2nc(NCC(F)(F)F)c3nc(-c4ccc(Cl)c(S(N)(=O)=O)c4)ccc3n2)cc1. The third-order valence-corrected chi connectivity index (χ3v) is 7.56. The topological polar surface area (TPSA) is 183 Å². The normalized spacial score (nSPS) is 12.5. The van der Waals surface area contributed by atoms with Gasteiger partial charge in [-0.1, -0.05) is 29.8 Å². The monoisotopic (exact) mass is 601 g/mol. The quantitative estimate of drug-likeness (QED) is 0.235. The first-order chi connectivity index (χ1) is 18.1. The van der Waals surface area contributed by atoms with Gasteiger partial charge < -0.3 is 10.6 Å². The molecule has 0 unspecified atom stereocenters. The lowest BCUT2D eigenvalue weighted by atomic mass is 10.1. The first-order valence-corrected chi connectivity index (χ1v) is 14.2. The smallest absolute Gasteiger partial charge is 0.359 e. The number of sulfonamides is 2. The maximum atomic E-state index is 13.0. The third-order valence-electron chi connectivity index (χ3n) is 5.23. The minimum absolute atomic E-state index is 0.00749. The number of nitrogens with zero attached hydrogens (tertiary/aromatic N) is 3. The Labute approximate surface area is 225 Å². The number of benzene rings is 2. The second kappa shape index (κ2) is 10.5. The molecule has 0 aliphatic heterocycles. The predicted octanol–water partition coefficient (Wildman–Crippen LogP) is 3.23. The number of halogens is 4. The minimum Gasteiger partial charge on any atom is -0.359 e. The van der Waals surface area contributed by atoms with Crippen LogP contribution in [0.5, 0.6) is 0 Å². The van der Waals surface area contributed by atoms with E-state index in [2.05, 4.69) is 25.6 Å². The molecule has 0 aliphatic carbocycles. The highest BCUT2D eigenvalue weighted by atomic mass is 35.5. The van der Waals surface area contributed by atoms with Crippen LogP contribution in [0.15, 0.2) is 64.4 Å². The summed E-state index contributed by atoms with van der Waals surface area (Å²) in [6.07, 6.45) is -4.56. The number of alkyl halides is 3. The van der Waals surface area contributed by atoms with Crippen molar-refractivity contribution in [3.8, 4) is 11.3 Å². The second-order valence-corrected chi connectivity index (χ2v) is 11.7. The lowest BCUT2D eigenvalue weighted by Crippen LogP contribution is -2.22. The summed E-state index contributed by atoms with van der Waals surface area (Å²) in [5.74, 6) is -0.257. The molecule has 39 heavy (non-hydrogen) atoms. The van der Waals surface area contributed by atoms with Crippen LogP contribution < -0.4 is 20.9 Å². The van der Waals surface area contributed by atoms with E-state index in [4.69, 9.17) is 21.9 Å². The lowest BCUT2D eigenvalue weighted by molar-refractivity contribution is -0.115. The van der Waals surface area contributed by atoms with Crippen molar-refractivity contribution in [1.82, 2.24) is 15.0 Å². The van der Waals surface area contributed by atoms with Crippen molar-refractivity contribution in [3.05, 3.63) is 65.2 Å². The van der Waals surface area contributed by atoms with Crippen molar-refractivity contribution in [2.24, 2.45) is 10.3 Å². The second-order valence-electron chi connectivity index (χ2n) is 8.16. The number of hydrogen-bond acceptors (Lipinski definition) is 9. The molecule has 0 amide bonds. The van der Waals surface area contributed by atoms with Gasteiger partial charge in [0.1, 0.15) is 17.0 Å². The van der Waals surface area contributed by atoms with Crippen molar-refractivity contribution in [3.63, 3.8) is 0 Å². The van der Waals surface area contributed by atoms with Crippen LogP contribution in [0, 0.1) is 0 Å². The van der Waals surface area contributed by atoms with Gasteiger partial charge in [0.2, 0.25) is 26.0 Å². The van der Waals surface area contributed by atoms with Crippen LogP contribution in [-0.4, -0.2) is 44.5 Å². The van der Waals surface area contributed by atoms with Crippen molar-refractivity contribution in [2.75, 3.05) is 17.2 Å². The van der Waals surface area contributed by atoms with Crippen LogP contribution in [0.3, 0.4) is 0 Å². The molecule has 0 saturated carbocycles.